The van der Waals surface area contributed by atoms with Crippen LogP contribution in [0.15, 0.2) is 72.8 Å². The molecule has 2 nitrogen and oxygen atoms in total. The number of benzene rings is 3. The number of ketones is 1. The van der Waals surface area contributed by atoms with Crippen LogP contribution in [-0.2, 0) is 0 Å². The highest BCUT2D eigenvalue weighted by atomic mass is 16.5. The van der Waals surface area contributed by atoms with Crippen molar-refractivity contribution in [1.82, 2.24) is 0 Å². The summed E-state index contributed by atoms with van der Waals surface area (Å²) in [5.41, 5.74) is 1.69. The molecule has 0 unspecified atom stereocenters. The van der Waals surface area contributed by atoms with Gasteiger partial charge in [0.1, 0.15) is 5.75 Å². The summed E-state index contributed by atoms with van der Waals surface area (Å²) in [5, 5.41) is 2.22. The largest absolute Gasteiger partial charge is 0.494 e. The molecule has 0 atom stereocenters. The van der Waals surface area contributed by atoms with Gasteiger partial charge in [0.15, 0.2) is 5.78 Å². The average Bonchev–Trinajstić information content (AvgIpc) is 2.70. The molecule has 0 aliphatic rings. The highest BCUT2D eigenvalue weighted by molar-refractivity contribution is 6.08. The Morgan fingerprint density at radius 1 is 0.923 bits per heavy atom. The number of hydrogen-bond donors (Lipinski definition) is 0. The standard InChI is InChI=1S/C24H24O2/c1-2-3-6-17-26-23-14-9-19(10-15-23)11-16-24(25)22-13-12-20-7-4-5-8-21(20)18-22/h4-5,7-16,18H,2-3,6,17H2,1H3/b16-11+. The van der Waals surface area contributed by atoms with Crippen LogP contribution in [0.25, 0.3) is 16.8 Å². The Bertz CT molecular complexity index is 891. The third-order valence-corrected chi connectivity index (χ3v) is 4.36. The molecule has 2 heteroatoms. The van der Waals surface area contributed by atoms with E-state index in [1.807, 2.05) is 72.8 Å². The fraction of sp³-hybridized carbons (Fsp3) is 0.208. The Balaban J connectivity index is 1.62. The Kier molecular flexibility index (Phi) is 6.21. The maximum Gasteiger partial charge on any atom is 0.185 e. The Morgan fingerprint density at radius 3 is 2.46 bits per heavy atom. The van der Waals surface area contributed by atoms with Gasteiger partial charge < -0.3 is 4.74 Å². The molecular formula is C24H24O2. The van der Waals surface area contributed by atoms with Gasteiger partial charge in [0.2, 0.25) is 0 Å². The van der Waals surface area contributed by atoms with Crippen LogP contribution in [0, 0.1) is 0 Å². The second-order valence-corrected chi connectivity index (χ2v) is 6.38. The van der Waals surface area contributed by atoms with Gasteiger partial charge in [0.25, 0.3) is 0 Å². The van der Waals surface area contributed by atoms with Crippen LogP contribution in [0.4, 0.5) is 0 Å². The van der Waals surface area contributed by atoms with Crippen molar-refractivity contribution in [2.75, 3.05) is 6.61 Å². The Labute approximate surface area is 155 Å². The van der Waals surface area contributed by atoms with E-state index in [1.54, 1.807) is 6.08 Å². The summed E-state index contributed by atoms with van der Waals surface area (Å²) in [4.78, 5) is 12.4. The van der Waals surface area contributed by atoms with Gasteiger partial charge >= 0.3 is 0 Å². The lowest BCUT2D eigenvalue weighted by Crippen LogP contribution is -1.96. The maximum atomic E-state index is 12.4. The molecule has 0 saturated carbocycles. The second-order valence-electron chi connectivity index (χ2n) is 6.38. The normalized spacial score (nSPS) is 11.1. The molecule has 0 fully saturated rings. The Hall–Kier alpha value is -2.87. The number of rotatable bonds is 8. The molecule has 0 spiro atoms. The van der Waals surface area contributed by atoms with Crippen LogP contribution < -0.4 is 4.74 Å². The summed E-state index contributed by atoms with van der Waals surface area (Å²) in [6.45, 7) is 2.93. The maximum absolute atomic E-state index is 12.4. The molecule has 0 aromatic heterocycles. The lowest BCUT2D eigenvalue weighted by atomic mass is 10.0. The van der Waals surface area contributed by atoms with Gasteiger partial charge in [0, 0.05) is 5.56 Å². The fourth-order valence-electron chi connectivity index (χ4n) is 2.83. The van der Waals surface area contributed by atoms with Crippen molar-refractivity contribution in [3.8, 4) is 5.75 Å². The number of unbranched alkanes of at least 4 members (excludes halogenated alkanes) is 2. The molecule has 0 N–H and O–H groups in total. The lowest BCUT2D eigenvalue weighted by Gasteiger charge is -2.05. The molecule has 0 aliphatic heterocycles. The minimum Gasteiger partial charge on any atom is -0.494 e. The molecule has 3 rings (SSSR count). The van der Waals surface area contributed by atoms with Gasteiger partial charge in [-0.05, 0) is 47.0 Å². The summed E-state index contributed by atoms with van der Waals surface area (Å²) in [7, 11) is 0. The van der Waals surface area contributed by atoms with Gasteiger partial charge in [-0.2, -0.15) is 0 Å². The van der Waals surface area contributed by atoms with Crippen LogP contribution in [-0.4, -0.2) is 12.4 Å². The molecular weight excluding hydrogens is 320 g/mol. The monoisotopic (exact) mass is 344 g/mol. The highest BCUT2D eigenvalue weighted by Gasteiger charge is 2.03. The number of carbonyl (C=O) groups excluding carboxylic acids is 1. The van der Waals surface area contributed by atoms with Crippen molar-refractivity contribution in [2.45, 2.75) is 26.2 Å². The van der Waals surface area contributed by atoms with Gasteiger partial charge in [-0.1, -0.05) is 74.4 Å². The number of carbonyl (C=O) groups is 1. The van der Waals surface area contributed by atoms with E-state index >= 15 is 0 Å². The molecule has 0 aliphatic carbocycles. The minimum atomic E-state index is 0.00986. The van der Waals surface area contributed by atoms with Gasteiger partial charge in [-0.25, -0.2) is 0 Å². The van der Waals surface area contributed by atoms with Gasteiger partial charge in [0.05, 0.1) is 6.61 Å². The molecule has 3 aromatic rings. The molecule has 0 bridgehead atoms. The zero-order valence-corrected chi connectivity index (χ0v) is 15.2. The third kappa shape index (κ3) is 4.82. The van der Waals surface area contributed by atoms with Crippen molar-refractivity contribution in [2.24, 2.45) is 0 Å². The molecule has 26 heavy (non-hydrogen) atoms. The van der Waals surface area contributed by atoms with E-state index in [0.29, 0.717) is 5.56 Å². The van der Waals surface area contributed by atoms with Crippen LogP contribution in [0.5, 0.6) is 5.75 Å². The number of fused-ring (bicyclic) bond motifs is 1. The van der Waals surface area contributed by atoms with Gasteiger partial charge in [-0.3, -0.25) is 4.79 Å². The molecule has 0 radical (unpaired) electrons. The third-order valence-electron chi connectivity index (χ3n) is 4.36. The highest BCUT2D eigenvalue weighted by Crippen LogP contribution is 2.17. The van der Waals surface area contributed by atoms with Gasteiger partial charge in [-0.15, -0.1) is 0 Å². The van der Waals surface area contributed by atoms with Crippen molar-refractivity contribution in [3.63, 3.8) is 0 Å². The first-order chi connectivity index (χ1) is 12.8. The van der Waals surface area contributed by atoms with Crippen LogP contribution in [0.1, 0.15) is 42.1 Å². The summed E-state index contributed by atoms with van der Waals surface area (Å²) in [5.74, 6) is 0.884. The van der Waals surface area contributed by atoms with Crippen molar-refractivity contribution in [3.05, 3.63) is 83.9 Å². The topological polar surface area (TPSA) is 26.3 Å². The van der Waals surface area contributed by atoms with E-state index in [2.05, 4.69) is 6.92 Å². The lowest BCUT2D eigenvalue weighted by molar-refractivity contribution is 0.104. The van der Waals surface area contributed by atoms with E-state index in [0.717, 1.165) is 35.1 Å². The molecule has 0 amide bonds. The van der Waals surface area contributed by atoms with E-state index in [-0.39, 0.29) is 5.78 Å². The first-order valence-electron chi connectivity index (χ1n) is 9.20. The first-order valence-corrected chi connectivity index (χ1v) is 9.20. The van der Waals surface area contributed by atoms with Crippen LogP contribution >= 0.6 is 0 Å². The first kappa shape index (κ1) is 17.9. The van der Waals surface area contributed by atoms with Crippen molar-refractivity contribution >= 4 is 22.6 Å². The number of allylic oxidation sites excluding steroid dienone is 1. The van der Waals surface area contributed by atoms with E-state index in [1.165, 1.54) is 12.8 Å². The van der Waals surface area contributed by atoms with Crippen LogP contribution in [0.2, 0.25) is 0 Å². The number of ether oxygens (including phenoxy) is 1. The second kappa shape index (κ2) is 9.00. The molecule has 3 aromatic carbocycles. The molecule has 132 valence electrons. The summed E-state index contributed by atoms with van der Waals surface area (Å²) in [6, 6.07) is 21.7. The minimum absolute atomic E-state index is 0.00986. The summed E-state index contributed by atoms with van der Waals surface area (Å²) >= 11 is 0. The van der Waals surface area contributed by atoms with Crippen molar-refractivity contribution in [1.29, 1.82) is 0 Å². The van der Waals surface area contributed by atoms with E-state index < -0.39 is 0 Å². The zero-order valence-electron chi connectivity index (χ0n) is 15.2. The SMILES string of the molecule is CCCCCOc1ccc(/C=C/C(=O)c2ccc3ccccc3c2)cc1. The zero-order chi connectivity index (χ0) is 18.2. The number of hydrogen-bond acceptors (Lipinski definition) is 2. The Morgan fingerprint density at radius 2 is 1.69 bits per heavy atom. The predicted octanol–water partition coefficient (Wildman–Crippen LogP) is 6.30. The predicted molar refractivity (Wildman–Crippen MR) is 109 cm³/mol. The fourth-order valence-corrected chi connectivity index (χ4v) is 2.83. The summed E-state index contributed by atoms with van der Waals surface area (Å²) < 4.78 is 5.71. The molecule has 0 saturated heterocycles. The smallest absolute Gasteiger partial charge is 0.185 e. The average molecular weight is 344 g/mol. The van der Waals surface area contributed by atoms with Crippen molar-refractivity contribution < 1.29 is 9.53 Å². The van der Waals surface area contributed by atoms with Crippen LogP contribution in [0.3, 0.4) is 0 Å². The van der Waals surface area contributed by atoms with E-state index in [9.17, 15) is 4.79 Å². The molecule has 0 heterocycles. The summed E-state index contributed by atoms with van der Waals surface area (Å²) in [6.07, 6.45) is 6.94. The quantitative estimate of drug-likeness (QED) is 0.272. The van der Waals surface area contributed by atoms with E-state index in [4.69, 9.17) is 4.74 Å².